The van der Waals surface area contributed by atoms with Gasteiger partial charge >= 0.3 is 5.97 Å². The number of nitrogens with one attached hydrogen (secondary N) is 1. The second kappa shape index (κ2) is 8.55. The number of furan rings is 1. The molecule has 160 valence electrons. The molecule has 0 aliphatic carbocycles. The van der Waals surface area contributed by atoms with Crippen LogP contribution in [0.5, 0.6) is 0 Å². The van der Waals surface area contributed by atoms with Crippen molar-refractivity contribution in [3.8, 4) is 11.3 Å². The third-order valence-corrected chi connectivity index (χ3v) is 5.07. The zero-order valence-corrected chi connectivity index (χ0v) is 18.0. The Balaban J connectivity index is 1.73. The van der Waals surface area contributed by atoms with Gasteiger partial charge in [0.15, 0.2) is 17.7 Å². The van der Waals surface area contributed by atoms with Gasteiger partial charge in [0, 0.05) is 22.4 Å². The minimum absolute atomic E-state index is 0.0446. The quantitative estimate of drug-likeness (QED) is 0.437. The Morgan fingerprint density at radius 2 is 1.58 bits per heavy atom. The summed E-state index contributed by atoms with van der Waals surface area (Å²) < 4.78 is 10.9. The van der Waals surface area contributed by atoms with Crippen molar-refractivity contribution in [2.75, 3.05) is 0 Å². The minimum Gasteiger partial charge on any atom is -0.449 e. The Bertz CT molecular complexity index is 1180. The summed E-state index contributed by atoms with van der Waals surface area (Å²) in [4.78, 5) is 51.3. The predicted octanol–water partition coefficient (Wildman–Crippen LogP) is 4.72. The molecule has 0 spiro atoms. The van der Waals surface area contributed by atoms with Crippen molar-refractivity contribution in [3.05, 3.63) is 70.2 Å². The Hall–Kier alpha value is -3.74. The molecule has 1 N–H and O–H groups in total. The molecule has 0 saturated heterocycles. The highest BCUT2D eigenvalue weighted by Crippen LogP contribution is 2.24. The van der Waals surface area contributed by atoms with E-state index in [1.54, 1.807) is 44.2 Å². The maximum atomic E-state index is 12.8. The number of ether oxygens (including phenoxy) is 1. The van der Waals surface area contributed by atoms with Crippen LogP contribution < -0.4 is 0 Å². The first-order chi connectivity index (χ1) is 14.6. The Kier molecular flexibility index (Phi) is 6.06. The average molecular weight is 421 g/mol. The van der Waals surface area contributed by atoms with Gasteiger partial charge in [0.05, 0.1) is 5.69 Å². The summed E-state index contributed by atoms with van der Waals surface area (Å²) in [5.41, 5.74) is 3.11. The number of H-pyrrole nitrogens is 1. The van der Waals surface area contributed by atoms with Crippen LogP contribution in [-0.2, 0) is 4.74 Å². The number of aromatic nitrogens is 1. The summed E-state index contributed by atoms with van der Waals surface area (Å²) in [6.07, 6.45) is -1.08. The highest BCUT2D eigenvalue weighted by atomic mass is 16.6. The van der Waals surface area contributed by atoms with E-state index in [2.05, 4.69) is 4.98 Å². The first-order valence-corrected chi connectivity index (χ1v) is 9.76. The van der Waals surface area contributed by atoms with E-state index in [0.717, 1.165) is 0 Å². The van der Waals surface area contributed by atoms with Gasteiger partial charge in [-0.15, -0.1) is 0 Å². The number of hydrogen-bond donors (Lipinski definition) is 1. The number of carbonyl (C=O) groups is 4. The van der Waals surface area contributed by atoms with Crippen molar-refractivity contribution in [3.63, 3.8) is 0 Å². The van der Waals surface area contributed by atoms with Crippen LogP contribution in [0.4, 0.5) is 0 Å². The van der Waals surface area contributed by atoms with Gasteiger partial charge in [0.2, 0.25) is 11.5 Å². The number of carbonyl (C=O) groups excluding carboxylic acids is 4. The van der Waals surface area contributed by atoms with Crippen molar-refractivity contribution in [1.29, 1.82) is 0 Å². The van der Waals surface area contributed by atoms with Crippen LogP contribution in [0.2, 0.25) is 0 Å². The molecule has 2 aromatic heterocycles. The monoisotopic (exact) mass is 421 g/mol. The molecule has 0 radical (unpaired) electrons. The van der Waals surface area contributed by atoms with Gasteiger partial charge in [-0.25, -0.2) is 4.79 Å². The number of aromatic amines is 1. The first-order valence-electron chi connectivity index (χ1n) is 9.76. The predicted molar refractivity (Wildman–Crippen MR) is 114 cm³/mol. The van der Waals surface area contributed by atoms with Crippen molar-refractivity contribution < 1.29 is 28.3 Å². The molecular formula is C24H23NO6. The molecule has 1 atom stereocenters. The Morgan fingerprint density at radius 1 is 0.935 bits per heavy atom. The van der Waals surface area contributed by atoms with Gasteiger partial charge in [0.25, 0.3) is 0 Å². The second-order valence-electron chi connectivity index (χ2n) is 7.39. The molecule has 0 fully saturated rings. The van der Waals surface area contributed by atoms with Crippen LogP contribution in [0, 0.1) is 13.8 Å². The van der Waals surface area contributed by atoms with Crippen molar-refractivity contribution in [2.45, 2.75) is 40.7 Å². The molecule has 0 saturated carbocycles. The van der Waals surface area contributed by atoms with E-state index in [1.807, 2.05) is 0 Å². The molecule has 2 heterocycles. The standard InChI is InChI=1S/C24H23NO6/c1-12-21(15(4)27)13(2)25-22(12)23(28)16(5)30-24(29)20-11-10-19(31-20)18-8-6-17(7-9-18)14(3)26/h6-11,16,25H,1-5H3/t16-/m0/s1. The van der Waals surface area contributed by atoms with Crippen LogP contribution in [0.15, 0.2) is 40.8 Å². The van der Waals surface area contributed by atoms with Crippen molar-refractivity contribution in [1.82, 2.24) is 4.98 Å². The zero-order valence-electron chi connectivity index (χ0n) is 18.0. The van der Waals surface area contributed by atoms with E-state index in [0.29, 0.717) is 33.7 Å². The molecule has 0 aliphatic heterocycles. The third kappa shape index (κ3) is 4.40. The molecule has 0 unspecified atom stereocenters. The molecule has 0 amide bonds. The molecule has 31 heavy (non-hydrogen) atoms. The first kappa shape index (κ1) is 22.0. The number of benzene rings is 1. The lowest BCUT2D eigenvalue weighted by molar-refractivity contribution is 0.0288. The maximum Gasteiger partial charge on any atom is 0.374 e. The number of esters is 1. The van der Waals surface area contributed by atoms with E-state index in [1.165, 1.54) is 26.8 Å². The van der Waals surface area contributed by atoms with Crippen LogP contribution in [0.3, 0.4) is 0 Å². The number of Topliss-reactive ketones (excluding diaryl/α,β-unsaturated/α-hetero) is 3. The zero-order chi connectivity index (χ0) is 22.9. The molecule has 0 aliphatic rings. The normalized spacial score (nSPS) is 11.8. The summed E-state index contributed by atoms with van der Waals surface area (Å²) in [5, 5.41) is 0. The average Bonchev–Trinajstić information content (AvgIpc) is 3.32. The number of ketones is 3. The highest BCUT2D eigenvalue weighted by Gasteiger charge is 2.27. The summed E-state index contributed by atoms with van der Waals surface area (Å²) in [5.74, 6) is -1.02. The minimum atomic E-state index is -1.08. The second-order valence-corrected chi connectivity index (χ2v) is 7.39. The van der Waals surface area contributed by atoms with Gasteiger partial charge in [0.1, 0.15) is 5.76 Å². The van der Waals surface area contributed by atoms with Crippen molar-refractivity contribution in [2.24, 2.45) is 0 Å². The lowest BCUT2D eigenvalue weighted by atomic mass is 10.0. The van der Waals surface area contributed by atoms with E-state index >= 15 is 0 Å². The van der Waals surface area contributed by atoms with E-state index in [9.17, 15) is 19.2 Å². The largest absolute Gasteiger partial charge is 0.449 e. The third-order valence-electron chi connectivity index (χ3n) is 5.07. The number of hydrogen-bond acceptors (Lipinski definition) is 6. The maximum absolute atomic E-state index is 12.8. The van der Waals surface area contributed by atoms with Gasteiger partial charge in [-0.3, -0.25) is 14.4 Å². The molecule has 7 nitrogen and oxygen atoms in total. The van der Waals surface area contributed by atoms with E-state index in [-0.39, 0.29) is 23.0 Å². The van der Waals surface area contributed by atoms with Gasteiger partial charge in [-0.05, 0) is 52.3 Å². The van der Waals surface area contributed by atoms with Crippen LogP contribution in [0.1, 0.15) is 73.8 Å². The van der Waals surface area contributed by atoms with Crippen LogP contribution in [0.25, 0.3) is 11.3 Å². The molecule has 1 aromatic carbocycles. The van der Waals surface area contributed by atoms with Crippen LogP contribution in [-0.4, -0.2) is 34.4 Å². The summed E-state index contributed by atoms with van der Waals surface area (Å²) >= 11 is 0. The fourth-order valence-electron chi connectivity index (χ4n) is 3.47. The smallest absolute Gasteiger partial charge is 0.374 e. The molecule has 3 aromatic rings. The summed E-state index contributed by atoms with van der Waals surface area (Å²) in [6, 6.07) is 9.87. The number of rotatable bonds is 7. The highest BCUT2D eigenvalue weighted by molar-refractivity contribution is 6.05. The molecule has 7 heteroatoms. The lowest BCUT2D eigenvalue weighted by Crippen LogP contribution is -2.25. The van der Waals surface area contributed by atoms with Gasteiger partial charge < -0.3 is 14.1 Å². The number of aryl methyl sites for hydroxylation is 1. The van der Waals surface area contributed by atoms with E-state index in [4.69, 9.17) is 9.15 Å². The van der Waals surface area contributed by atoms with E-state index < -0.39 is 17.9 Å². The molecule has 0 bridgehead atoms. The van der Waals surface area contributed by atoms with Gasteiger partial charge in [-0.1, -0.05) is 24.3 Å². The summed E-state index contributed by atoms with van der Waals surface area (Å²) in [7, 11) is 0. The molecular weight excluding hydrogens is 398 g/mol. The fraction of sp³-hybridized carbons (Fsp3) is 0.250. The topological polar surface area (TPSA) is 106 Å². The lowest BCUT2D eigenvalue weighted by Gasteiger charge is -2.11. The van der Waals surface area contributed by atoms with Crippen LogP contribution >= 0.6 is 0 Å². The van der Waals surface area contributed by atoms with Crippen molar-refractivity contribution >= 4 is 23.3 Å². The fourth-order valence-corrected chi connectivity index (χ4v) is 3.47. The Labute approximate surface area is 179 Å². The summed E-state index contributed by atoms with van der Waals surface area (Å²) in [6.45, 7) is 7.77. The SMILES string of the molecule is CC(=O)c1ccc(-c2ccc(C(=O)O[C@@H](C)C(=O)c3[nH]c(C)c(C(C)=O)c3C)o2)cc1. The molecule has 3 rings (SSSR count). The Morgan fingerprint density at radius 3 is 2.13 bits per heavy atom. The van der Waals surface area contributed by atoms with Gasteiger partial charge in [-0.2, -0.15) is 0 Å².